The molecule has 4 nitrogen and oxygen atoms in total. The van der Waals surface area contributed by atoms with Crippen LogP contribution in [0.2, 0.25) is 0 Å². The van der Waals surface area contributed by atoms with Gasteiger partial charge in [0.25, 0.3) is 0 Å². The first-order chi connectivity index (χ1) is 6.25. The highest BCUT2D eigenvalue weighted by atomic mass is 32.1. The molecule has 0 bridgehead atoms. The molecule has 1 aliphatic heterocycles. The predicted molar refractivity (Wildman–Crippen MR) is 46.8 cm³/mol. The number of aromatic nitrogens is 1. The van der Waals surface area contributed by atoms with E-state index in [1.165, 1.54) is 11.3 Å². The Balaban J connectivity index is 2.20. The minimum Gasteiger partial charge on any atom is -0.481 e. The van der Waals surface area contributed by atoms with E-state index in [1.54, 1.807) is 0 Å². The Hall–Kier alpha value is -0.940. The van der Waals surface area contributed by atoms with Gasteiger partial charge in [0.15, 0.2) is 0 Å². The highest BCUT2D eigenvalue weighted by molar-refractivity contribution is 7.11. The quantitative estimate of drug-likeness (QED) is 0.766. The number of carbonyl (C=O) groups is 1. The predicted octanol–water partition coefficient (Wildman–Crippen LogP) is 0.843. The van der Waals surface area contributed by atoms with Crippen LogP contribution < -0.4 is 0 Å². The first kappa shape index (κ1) is 8.65. The number of ether oxygens (including phenoxy) is 1. The fourth-order valence-corrected chi connectivity index (χ4v) is 2.33. The molecule has 0 aromatic carbocycles. The summed E-state index contributed by atoms with van der Waals surface area (Å²) < 4.78 is 5.24. The molecule has 0 saturated carbocycles. The lowest BCUT2D eigenvalue weighted by Gasteiger charge is -2.08. The molecule has 0 radical (unpaired) electrons. The van der Waals surface area contributed by atoms with Crippen LogP contribution in [0.15, 0.2) is 0 Å². The minimum absolute atomic E-state index is 0.0255. The van der Waals surface area contributed by atoms with Crippen molar-refractivity contribution in [2.45, 2.75) is 19.4 Å². The molecule has 1 N–H and O–H groups in total. The lowest BCUT2D eigenvalue weighted by Crippen LogP contribution is -2.07. The molecule has 2 rings (SSSR count). The number of rotatable bonds is 2. The summed E-state index contributed by atoms with van der Waals surface area (Å²) >= 11 is 1.45. The SMILES string of the molecule is O=C(O)Cc1nc2c(s1)COCC2. The first-order valence-corrected chi connectivity index (χ1v) is 4.84. The normalized spacial score (nSPS) is 15.4. The van der Waals surface area contributed by atoms with Gasteiger partial charge in [0.1, 0.15) is 5.01 Å². The Labute approximate surface area is 79.2 Å². The van der Waals surface area contributed by atoms with Gasteiger partial charge in [-0.15, -0.1) is 11.3 Å². The van der Waals surface area contributed by atoms with Crippen molar-refractivity contribution in [2.75, 3.05) is 6.61 Å². The summed E-state index contributed by atoms with van der Waals surface area (Å²) in [5.41, 5.74) is 1.02. The first-order valence-electron chi connectivity index (χ1n) is 4.02. The number of nitrogens with zero attached hydrogens (tertiary/aromatic N) is 1. The number of hydrogen-bond acceptors (Lipinski definition) is 4. The fourth-order valence-electron chi connectivity index (χ4n) is 1.28. The molecule has 0 saturated heterocycles. The molecule has 0 fully saturated rings. The van der Waals surface area contributed by atoms with E-state index < -0.39 is 5.97 Å². The third-order valence-corrected chi connectivity index (χ3v) is 2.91. The molecule has 1 aromatic heterocycles. The molecular weight excluding hydrogens is 190 g/mol. The Morgan fingerprint density at radius 3 is 3.23 bits per heavy atom. The van der Waals surface area contributed by atoms with Crippen LogP contribution in [0.4, 0.5) is 0 Å². The van der Waals surface area contributed by atoms with Crippen LogP contribution in [-0.4, -0.2) is 22.7 Å². The van der Waals surface area contributed by atoms with E-state index in [-0.39, 0.29) is 6.42 Å². The van der Waals surface area contributed by atoms with Crippen LogP contribution in [-0.2, 0) is 29.0 Å². The standard InChI is InChI=1S/C8H9NO3S/c10-8(11)3-7-9-5-1-2-12-4-6(5)13-7/h1-4H2,(H,10,11). The zero-order valence-corrected chi connectivity index (χ0v) is 7.76. The van der Waals surface area contributed by atoms with Crippen molar-refractivity contribution in [3.63, 3.8) is 0 Å². The third kappa shape index (κ3) is 1.87. The largest absolute Gasteiger partial charge is 0.481 e. The average molecular weight is 199 g/mol. The molecule has 13 heavy (non-hydrogen) atoms. The van der Waals surface area contributed by atoms with Gasteiger partial charge in [0.05, 0.1) is 30.2 Å². The summed E-state index contributed by atoms with van der Waals surface area (Å²) in [4.78, 5) is 15.8. The monoisotopic (exact) mass is 199 g/mol. The van der Waals surface area contributed by atoms with Gasteiger partial charge in [-0.1, -0.05) is 0 Å². The second-order valence-corrected chi connectivity index (χ2v) is 4.02. The summed E-state index contributed by atoms with van der Waals surface area (Å²) in [6.45, 7) is 1.29. The number of thiazole rings is 1. The Morgan fingerprint density at radius 1 is 1.69 bits per heavy atom. The smallest absolute Gasteiger partial charge is 0.310 e. The molecule has 0 spiro atoms. The molecule has 5 heteroatoms. The summed E-state index contributed by atoms with van der Waals surface area (Å²) in [7, 11) is 0. The lowest BCUT2D eigenvalue weighted by molar-refractivity contribution is -0.136. The van der Waals surface area contributed by atoms with Crippen LogP contribution in [0.1, 0.15) is 15.6 Å². The summed E-state index contributed by atoms with van der Waals surface area (Å²) in [5, 5.41) is 9.25. The van der Waals surface area contributed by atoms with E-state index in [4.69, 9.17) is 9.84 Å². The van der Waals surface area contributed by atoms with Gasteiger partial charge in [-0.3, -0.25) is 4.79 Å². The van der Waals surface area contributed by atoms with Gasteiger partial charge in [-0.2, -0.15) is 0 Å². The van der Waals surface area contributed by atoms with Gasteiger partial charge in [-0.05, 0) is 0 Å². The van der Waals surface area contributed by atoms with E-state index >= 15 is 0 Å². The maximum Gasteiger partial charge on any atom is 0.310 e. The third-order valence-electron chi connectivity index (χ3n) is 1.84. The molecule has 0 amide bonds. The highest BCUT2D eigenvalue weighted by Crippen LogP contribution is 2.23. The highest BCUT2D eigenvalue weighted by Gasteiger charge is 2.16. The molecule has 0 unspecified atom stereocenters. The van der Waals surface area contributed by atoms with Crippen molar-refractivity contribution < 1.29 is 14.6 Å². The van der Waals surface area contributed by atoms with Crippen LogP contribution in [0.5, 0.6) is 0 Å². The van der Waals surface area contributed by atoms with Crippen molar-refractivity contribution in [3.05, 3.63) is 15.6 Å². The lowest BCUT2D eigenvalue weighted by atomic mass is 10.2. The molecule has 0 atom stereocenters. The fraction of sp³-hybridized carbons (Fsp3) is 0.500. The number of carboxylic acids is 1. The summed E-state index contributed by atoms with van der Waals surface area (Å²) in [5.74, 6) is -0.827. The zero-order chi connectivity index (χ0) is 9.26. The molecule has 1 aliphatic rings. The van der Waals surface area contributed by atoms with Gasteiger partial charge in [0, 0.05) is 6.42 Å². The second-order valence-electron chi connectivity index (χ2n) is 2.85. The van der Waals surface area contributed by atoms with E-state index in [0.717, 1.165) is 17.0 Å². The van der Waals surface area contributed by atoms with Crippen molar-refractivity contribution in [2.24, 2.45) is 0 Å². The van der Waals surface area contributed by atoms with Gasteiger partial charge in [0.2, 0.25) is 0 Å². The van der Waals surface area contributed by atoms with Crippen molar-refractivity contribution in [1.82, 2.24) is 4.98 Å². The molecule has 2 heterocycles. The van der Waals surface area contributed by atoms with Crippen LogP contribution >= 0.6 is 11.3 Å². The Morgan fingerprint density at radius 2 is 2.54 bits per heavy atom. The number of aliphatic carboxylic acids is 1. The number of carboxylic acid groups (broad SMARTS) is 1. The van der Waals surface area contributed by atoms with Crippen molar-refractivity contribution >= 4 is 17.3 Å². The molecule has 1 aromatic rings. The van der Waals surface area contributed by atoms with Crippen molar-refractivity contribution in [1.29, 1.82) is 0 Å². The van der Waals surface area contributed by atoms with Crippen LogP contribution in [0.3, 0.4) is 0 Å². The van der Waals surface area contributed by atoms with Crippen molar-refractivity contribution in [3.8, 4) is 0 Å². The second kappa shape index (κ2) is 3.43. The maximum absolute atomic E-state index is 10.4. The topological polar surface area (TPSA) is 59.4 Å². The Kier molecular flexibility index (Phi) is 2.28. The average Bonchev–Trinajstić information content (AvgIpc) is 2.44. The van der Waals surface area contributed by atoms with E-state index in [2.05, 4.69) is 4.98 Å². The van der Waals surface area contributed by atoms with Crippen LogP contribution in [0, 0.1) is 0 Å². The van der Waals surface area contributed by atoms with E-state index in [9.17, 15) is 4.79 Å². The maximum atomic E-state index is 10.4. The molecular formula is C8H9NO3S. The molecule has 0 aliphatic carbocycles. The minimum atomic E-state index is -0.827. The van der Waals surface area contributed by atoms with Gasteiger partial charge < -0.3 is 9.84 Å². The Bertz CT molecular complexity index is 311. The zero-order valence-electron chi connectivity index (χ0n) is 6.95. The molecule has 70 valence electrons. The van der Waals surface area contributed by atoms with E-state index in [1.807, 2.05) is 0 Å². The number of hydrogen-bond donors (Lipinski definition) is 1. The van der Waals surface area contributed by atoms with E-state index in [0.29, 0.717) is 18.2 Å². The number of fused-ring (bicyclic) bond motifs is 1. The summed E-state index contributed by atoms with van der Waals surface area (Å²) in [6.07, 6.45) is 0.836. The van der Waals surface area contributed by atoms with Gasteiger partial charge in [-0.25, -0.2) is 4.98 Å². The van der Waals surface area contributed by atoms with Gasteiger partial charge >= 0.3 is 5.97 Å². The van der Waals surface area contributed by atoms with Crippen LogP contribution in [0.25, 0.3) is 0 Å². The summed E-state index contributed by atoms with van der Waals surface area (Å²) in [6, 6.07) is 0.